The molecule has 0 aliphatic heterocycles. The lowest BCUT2D eigenvalue weighted by Crippen LogP contribution is -2.38. The minimum Gasteiger partial charge on any atom is -0.370 e. The Kier molecular flexibility index (Phi) is 2.22. The number of primary amides is 1. The summed E-state index contributed by atoms with van der Waals surface area (Å²) >= 11 is 0. The van der Waals surface area contributed by atoms with Gasteiger partial charge in [0.15, 0.2) is 0 Å². The zero-order valence-corrected chi connectivity index (χ0v) is 6.95. The highest BCUT2D eigenvalue weighted by Gasteiger charge is 2.25. The van der Waals surface area contributed by atoms with Gasteiger partial charge in [-0.3, -0.25) is 4.79 Å². The van der Waals surface area contributed by atoms with E-state index in [2.05, 4.69) is 0 Å². The van der Waals surface area contributed by atoms with E-state index in [-0.39, 0.29) is 0 Å². The maximum absolute atomic E-state index is 10.9. The largest absolute Gasteiger partial charge is 0.370 e. The summed E-state index contributed by atoms with van der Waals surface area (Å²) in [5.74, 6) is -0.520. The van der Waals surface area contributed by atoms with Crippen molar-refractivity contribution in [2.24, 2.45) is 5.73 Å². The van der Waals surface area contributed by atoms with E-state index in [0.29, 0.717) is 0 Å². The summed E-state index contributed by atoms with van der Waals surface area (Å²) in [4.78, 5) is 10.9. The number of hydrogen-bond acceptors (Lipinski definition) is 1. The van der Waals surface area contributed by atoms with Crippen molar-refractivity contribution < 1.29 is 4.79 Å². The zero-order valence-electron chi connectivity index (χ0n) is 6.95. The Hall–Kier alpha value is -1.25. The second-order valence-corrected chi connectivity index (χ2v) is 2.93. The molecule has 0 saturated carbocycles. The second-order valence-electron chi connectivity index (χ2n) is 2.93. The van der Waals surface area contributed by atoms with Gasteiger partial charge in [0.1, 0.15) is 0 Å². The topological polar surface area (TPSA) is 43.1 Å². The molecule has 0 saturated heterocycles. The van der Waals surface area contributed by atoms with Gasteiger partial charge >= 0.3 is 0 Å². The Morgan fingerprint density at radius 2 is 1.92 bits per heavy atom. The molecule has 0 aliphatic carbocycles. The van der Waals surface area contributed by atoms with Crippen LogP contribution in [0.4, 0.5) is 0 Å². The summed E-state index contributed by atoms with van der Waals surface area (Å²) in [5, 5.41) is -1.07. The zero-order chi connectivity index (χ0) is 9.19. The lowest BCUT2D eigenvalue weighted by Gasteiger charge is -2.21. The van der Waals surface area contributed by atoms with Gasteiger partial charge < -0.3 is 5.73 Å². The van der Waals surface area contributed by atoms with Crippen molar-refractivity contribution in [2.75, 3.05) is 0 Å². The fourth-order valence-electron chi connectivity index (χ4n) is 0.927. The van der Waals surface area contributed by atoms with Gasteiger partial charge in [0.2, 0.25) is 5.91 Å². The predicted octanol–water partition coefficient (Wildman–Crippen LogP) is 0.556. The number of rotatable bonds is 2. The third-order valence-corrected chi connectivity index (χ3v) is 1.89. The fourth-order valence-corrected chi connectivity index (χ4v) is 0.927. The fraction of sp³-hybridized carbons (Fsp3) is 0.222. The van der Waals surface area contributed by atoms with Crippen LogP contribution in [0.1, 0.15) is 12.5 Å². The lowest BCUT2D eigenvalue weighted by atomic mass is 9.65. The monoisotopic (exact) mass is 159 g/mol. The third-order valence-electron chi connectivity index (χ3n) is 1.89. The molecule has 60 valence electrons. The Labute approximate surface area is 73.2 Å². The predicted molar refractivity (Wildman–Crippen MR) is 48.7 cm³/mol. The van der Waals surface area contributed by atoms with Gasteiger partial charge in [-0.1, -0.05) is 37.3 Å². The average Bonchev–Trinajstić information content (AvgIpc) is 2.06. The number of amides is 1. The van der Waals surface area contributed by atoms with E-state index in [9.17, 15) is 4.79 Å². The minimum absolute atomic E-state index is 0.520. The van der Waals surface area contributed by atoms with Gasteiger partial charge in [-0.15, -0.1) is 0 Å². The van der Waals surface area contributed by atoms with Crippen molar-refractivity contribution in [3.05, 3.63) is 35.9 Å². The maximum Gasteiger partial charge on any atom is 0.218 e. The van der Waals surface area contributed by atoms with Gasteiger partial charge in [-0.25, -0.2) is 0 Å². The van der Waals surface area contributed by atoms with E-state index in [0.717, 1.165) is 5.56 Å². The van der Waals surface area contributed by atoms with Crippen molar-refractivity contribution in [3.63, 3.8) is 0 Å². The van der Waals surface area contributed by atoms with Gasteiger partial charge in [-0.05, 0) is 5.56 Å². The molecule has 0 aromatic heterocycles. The van der Waals surface area contributed by atoms with Crippen LogP contribution in [-0.2, 0) is 10.1 Å². The molecule has 0 fully saturated rings. The van der Waals surface area contributed by atoms with Gasteiger partial charge in [0.25, 0.3) is 0 Å². The first kappa shape index (κ1) is 8.85. The molecule has 1 aromatic carbocycles. The van der Waals surface area contributed by atoms with Crippen molar-refractivity contribution >= 4 is 13.8 Å². The van der Waals surface area contributed by atoms with E-state index in [1.807, 2.05) is 18.2 Å². The molecule has 0 spiro atoms. The smallest absolute Gasteiger partial charge is 0.218 e. The van der Waals surface area contributed by atoms with Crippen LogP contribution in [0.5, 0.6) is 0 Å². The van der Waals surface area contributed by atoms with Crippen LogP contribution >= 0.6 is 0 Å². The lowest BCUT2D eigenvalue weighted by molar-refractivity contribution is -0.120. The highest BCUT2D eigenvalue weighted by atomic mass is 16.1. The molecular formula is C9H10BNO. The van der Waals surface area contributed by atoms with Crippen molar-refractivity contribution in [3.8, 4) is 0 Å². The van der Waals surface area contributed by atoms with Crippen LogP contribution in [0.3, 0.4) is 0 Å². The highest BCUT2D eigenvalue weighted by molar-refractivity contribution is 6.28. The van der Waals surface area contributed by atoms with Crippen LogP contribution in [0.25, 0.3) is 0 Å². The molecule has 12 heavy (non-hydrogen) atoms. The van der Waals surface area contributed by atoms with Crippen LogP contribution in [0.15, 0.2) is 30.3 Å². The highest BCUT2D eigenvalue weighted by Crippen LogP contribution is 2.18. The molecule has 3 heteroatoms. The number of carbonyl (C=O) groups is 1. The molecule has 1 unspecified atom stereocenters. The van der Waals surface area contributed by atoms with Crippen molar-refractivity contribution in [1.82, 2.24) is 0 Å². The summed E-state index contributed by atoms with van der Waals surface area (Å²) in [7, 11) is 5.71. The summed E-state index contributed by atoms with van der Waals surface area (Å²) < 4.78 is 0. The number of carbonyl (C=O) groups excluding carboxylic acids is 1. The number of benzene rings is 1. The average molecular weight is 159 g/mol. The van der Waals surface area contributed by atoms with E-state index in [1.165, 1.54) is 0 Å². The molecular weight excluding hydrogens is 149 g/mol. The first-order valence-electron chi connectivity index (χ1n) is 3.69. The van der Waals surface area contributed by atoms with Crippen LogP contribution < -0.4 is 5.73 Å². The van der Waals surface area contributed by atoms with Crippen molar-refractivity contribution in [2.45, 2.75) is 12.2 Å². The summed E-state index contributed by atoms with van der Waals surface area (Å²) in [6, 6.07) is 9.07. The molecule has 2 N–H and O–H groups in total. The molecule has 0 bridgehead atoms. The molecule has 1 rings (SSSR count). The third kappa shape index (κ3) is 1.50. The molecule has 0 heterocycles. The quantitative estimate of drug-likeness (QED) is 0.629. The molecule has 2 radical (unpaired) electrons. The van der Waals surface area contributed by atoms with Gasteiger partial charge in [0.05, 0.1) is 7.85 Å². The minimum atomic E-state index is -1.07. The summed E-state index contributed by atoms with van der Waals surface area (Å²) in [6.07, 6.45) is 0. The Morgan fingerprint density at radius 1 is 1.42 bits per heavy atom. The van der Waals surface area contributed by atoms with E-state index in [1.54, 1.807) is 19.1 Å². The Bertz CT molecular complexity index is 282. The van der Waals surface area contributed by atoms with Gasteiger partial charge in [0, 0.05) is 5.31 Å². The Balaban J connectivity index is 3.06. The van der Waals surface area contributed by atoms with E-state index >= 15 is 0 Å². The van der Waals surface area contributed by atoms with Crippen LogP contribution in [-0.4, -0.2) is 13.8 Å². The molecule has 0 aliphatic rings. The standard InChI is InChI=1S/C9H10BNO/c1-9(10,8(11)12)7-5-3-2-4-6-7/h2-6H,1H3,(H2,11,12). The molecule has 1 amide bonds. The van der Waals surface area contributed by atoms with E-state index < -0.39 is 11.2 Å². The van der Waals surface area contributed by atoms with Crippen LogP contribution in [0.2, 0.25) is 0 Å². The molecule has 2 nitrogen and oxygen atoms in total. The number of hydrogen-bond donors (Lipinski definition) is 1. The summed E-state index contributed by atoms with van der Waals surface area (Å²) in [6.45, 7) is 1.60. The number of nitrogens with two attached hydrogens (primary N) is 1. The molecule has 1 atom stereocenters. The van der Waals surface area contributed by atoms with Crippen LogP contribution in [0, 0.1) is 0 Å². The molecule has 1 aromatic rings. The first-order valence-corrected chi connectivity index (χ1v) is 3.69. The maximum atomic E-state index is 10.9. The second kappa shape index (κ2) is 3.01. The normalized spacial score (nSPS) is 15.1. The first-order chi connectivity index (χ1) is 5.55. The Morgan fingerprint density at radius 3 is 2.33 bits per heavy atom. The summed E-state index contributed by atoms with van der Waals surface area (Å²) in [5.41, 5.74) is 5.87. The van der Waals surface area contributed by atoms with E-state index in [4.69, 9.17) is 13.6 Å². The SMILES string of the molecule is [B]C(C)(C(N)=O)c1ccccc1. The van der Waals surface area contributed by atoms with Gasteiger partial charge in [-0.2, -0.15) is 0 Å². The van der Waals surface area contributed by atoms with Crippen molar-refractivity contribution in [1.29, 1.82) is 0 Å².